The van der Waals surface area contributed by atoms with Gasteiger partial charge in [0.1, 0.15) is 5.75 Å². The minimum absolute atomic E-state index is 0.590. The highest BCUT2D eigenvalue weighted by molar-refractivity contribution is 5.65. The molecule has 1 aliphatic rings. The van der Waals surface area contributed by atoms with Crippen LogP contribution in [0.3, 0.4) is 0 Å². The Labute approximate surface area is 184 Å². The lowest BCUT2D eigenvalue weighted by Crippen LogP contribution is -2.12. The van der Waals surface area contributed by atoms with Crippen LogP contribution in [0.15, 0.2) is 48.5 Å². The lowest BCUT2D eigenvalue weighted by atomic mass is 9.81. The van der Waals surface area contributed by atoms with Crippen molar-refractivity contribution >= 4 is 0 Å². The first-order chi connectivity index (χ1) is 14.8. The number of hydrogen-bond donors (Lipinski definition) is 0. The Hall–Kier alpha value is -2.20. The molecule has 1 aliphatic carbocycles. The van der Waals surface area contributed by atoms with Crippen molar-refractivity contribution in [3.63, 3.8) is 0 Å². The summed E-state index contributed by atoms with van der Waals surface area (Å²) in [4.78, 5) is 0. The first kappa shape index (κ1) is 22.5. The molecule has 0 aromatic heterocycles. The largest absolute Gasteiger partial charge is 0.494 e. The molecule has 0 saturated heterocycles. The van der Waals surface area contributed by atoms with E-state index >= 15 is 0 Å². The standard InChI is InChI=1S/C29H38O/c1-3-5-6-7-8-23-30-29-21-19-28(20-22-29)27-17-15-26(16-18-27)14-13-25-11-9-24(4-2)10-12-25/h15-22,24-25H,3-12,23H2,1-2H3. The monoisotopic (exact) mass is 402 g/mol. The molecule has 30 heavy (non-hydrogen) atoms. The molecule has 0 unspecified atom stereocenters. The molecular formula is C29H38O. The normalized spacial score (nSPS) is 18.5. The average Bonchev–Trinajstić information content (AvgIpc) is 2.81. The first-order valence-electron chi connectivity index (χ1n) is 12.1. The molecule has 0 radical (unpaired) electrons. The quantitative estimate of drug-likeness (QED) is 0.303. The van der Waals surface area contributed by atoms with Crippen LogP contribution < -0.4 is 4.74 Å². The second kappa shape index (κ2) is 12.5. The highest BCUT2D eigenvalue weighted by Crippen LogP contribution is 2.30. The summed E-state index contributed by atoms with van der Waals surface area (Å²) in [5.41, 5.74) is 3.58. The maximum atomic E-state index is 5.88. The average molecular weight is 403 g/mol. The lowest BCUT2D eigenvalue weighted by Gasteiger charge is -2.24. The smallest absolute Gasteiger partial charge is 0.119 e. The fraction of sp³-hybridized carbons (Fsp3) is 0.517. The van der Waals surface area contributed by atoms with Crippen molar-refractivity contribution in [3.05, 3.63) is 54.1 Å². The number of rotatable bonds is 9. The van der Waals surface area contributed by atoms with Crippen molar-refractivity contribution in [2.24, 2.45) is 11.8 Å². The highest BCUT2D eigenvalue weighted by Gasteiger charge is 2.17. The zero-order valence-corrected chi connectivity index (χ0v) is 19.0. The molecule has 2 aromatic rings. The minimum atomic E-state index is 0.590. The second-order valence-electron chi connectivity index (χ2n) is 8.76. The molecule has 0 aliphatic heterocycles. The van der Waals surface area contributed by atoms with E-state index < -0.39 is 0 Å². The van der Waals surface area contributed by atoms with E-state index in [1.165, 1.54) is 68.9 Å². The molecule has 1 heteroatoms. The van der Waals surface area contributed by atoms with E-state index in [9.17, 15) is 0 Å². The van der Waals surface area contributed by atoms with Crippen molar-refractivity contribution in [2.75, 3.05) is 6.61 Å². The number of benzene rings is 2. The molecule has 1 nitrogen and oxygen atoms in total. The van der Waals surface area contributed by atoms with Crippen LogP contribution in [0.4, 0.5) is 0 Å². The van der Waals surface area contributed by atoms with Crippen LogP contribution in [-0.2, 0) is 0 Å². The predicted octanol–water partition coefficient (Wildman–Crippen LogP) is 8.27. The fourth-order valence-corrected chi connectivity index (χ4v) is 4.29. The molecule has 0 N–H and O–H groups in total. The van der Waals surface area contributed by atoms with E-state index in [2.05, 4.69) is 74.2 Å². The van der Waals surface area contributed by atoms with Gasteiger partial charge in [-0.15, -0.1) is 0 Å². The lowest BCUT2D eigenvalue weighted by molar-refractivity contribution is 0.304. The maximum absolute atomic E-state index is 5.88. The van der Waals surface area contributed by atoms with Crippen molar-refractivity contribution in [2.45, 2.75) is 78.1 Å². The Morgan fingerprint density at radius 1 is 0.767 bits per heavy atom. The molecule has 0 heterocycles. The third-order valence-electron chi connectivity index (χ3n) is 6.43. The van der Waals surface area contributed by atoms with E-state index in [0.717, 1.165) is 30.3 Å². The Balaban J connectivity index is 1.47. The van der Waals surface area contributed by atoms with Crippen LogP contribution in [0.1, 0.15) is 83.6 Å². The van der Waals surface area contributed by atoms with Gasteiger partial charge in [-0.1, -0.05) is 82.1 Å². The van der Waals surface area contributed by atoms with E-state index in [4.69, 9.17) is 4.74 Å². The van der Waals surface area contributed by atoms with Gasteiger partial charge in [-0.2, -0.15) is 0 Å². The van der Waals surface area contributed by atoms with Gasteiger partial charge in [0, 0.05) is 11.5 Å². The fourth-order valence-electron chi connectivity index (χ4n) is 4.29. The van der Waals surface area contributed by atoms with Gasteiger partial charge in [-0.05, 0) is 73.4 Å². The molecule has 1 saturated carbocycles. The first-order valence-corrected chi connectivity index (χ1v) is 12.1. The van der Waals surface area contributed by atoms with E-state index in [0.29, 0.717) is 5.92 Å². The maximum Gasteiger partial charge on any atom is 0.119 e. The SMILES string of the molecule is CCCCCCCOc1ccc(-c2ccc(C#CC3CCC(CC)CC3)cc2)cc1. The number of hydrogen-bond acceptors (Lipinski definition) is 1. The van der Waals surface area contributed by atoms with Crippen LogP contribution in [-0.4, -0.2) is 6.61 Å². The Kier molecular flexibility index (Phi) is 9.36. The third-order valence-corrected chi connectivity index (χ3v) is 6.43. The summed E-state index contributed by atoms with van der Waals surface area (Å²) >= 11 is 0. The molecule has 0 amide bonds. The number of unbranched alkanes of at least 4 members (excludes halogenated alkanes) is 4. The summed E-state index contributed by atoms with van der Waals surface area (Å²) in [7, 11) is 0. The molecule has 0 spiro atoms. The van der Waals surface area contributed by atoms with Gasteiger partial charge in [0.05, 0.1) is 6.61 Å². The Morgan fingerprint density at radius 3 is 2.03 bits per heavy atom. The van der Waals surface area contributed by atoms with Gasteiger partial charge in [0.15, 0.2) is 0 Å². The van der Waals surface area contributed by atoms with Crippen LogP contribution in [0.5, 0.6) is 5.75 Å². The van der Waals surface area contributed by atoms with Crippen LogP contribution in [0.2, 0.25) is 0 Å². The summed E-state index contributed by atoms with van der Waals surface area (Å²) in [5, 5.41) is 0. The molecule has 160 valence electrons. The molecule has 3 rings (SSSR count). The van der Waals surface area contributed by atoms with Gasteiger partial charge in [0.25, 0.3) is 0 Å². The van der Waals surface area contributed by atoms with Crippen molar-refractivity contribution in [1.29, 1.82) is 0 Å². The Morgan fingerprint density at radius 2 is 1.40 bits per heavy atom. The number of ether oxygens (including phenoxy) is 1. The third kappa shape index (κ3) is 7.24. The van der Waals surface area contributed by atoms with Gasteiger partial charge >= 0.3 is 0 Å². The van der Waals surface area contributed by atoms with E-state index in [1.807, 2.05) is 0 Å². The van der Waals surface area contributed by atoms with Gasteiger partial charge in [0.2, 0.25) is 0 Å². The predicted molar refractivity (Wildman–Crippen MR) is 129 cm³/mol. The van der Waals surface area contributed by atoms with Crippen molar-refractivity contribution < 1.29 is 4.74 Å². The molecule has 1 fully saturated rings. The summed E-state index contributed by atoms with van der Waals surface area (Å²) in [6.07, 6.45) is 12.9. The summed E-state index contributed by atoms with van der Waals surface area (Å²) in [6.45, 7) is 5.38. The van der Waals surface area contributed by atoms with Gasteiger partial charge < -0.3 is 4.74 Å². The van der Waals surface area contributed by atoms with Crippen molar-refractivity contribution in [1.82, 2.24) is 0 Å². The van der Waals surface area contributed by atoms with Crippen LogP contribution in [0.25, 0.3) is 11.1 Å². The molecule has 2 aromatic carbocycles. The topological polar surface area (TPSA) is 9.23 Å². The van der Waals surface area contributed by atoms with Gasteiger partial charge in [-0.3, -0.25) is 0 Å². The van der Waals surface area contributed by atoms with Crippen LogP contribution in [0, 0.1) is 23.7 Å². The highest BCUT2D eigenvalue weighted by atomic mass is 16.5. The molecular weight excluding hydrogens is 364 g/mol. The summed E-state index contributed by atoms with van der Waals surface area (Å²) < 4.78 is 5.88. The van der Waals surface area contributed by atoms with Crippen molar-refractivity contribution in [3.8, 4) is 28.7 Å². The molecule has 0 bridgehead atoms. The summed E-state index contributed by atoms with van der Waals surface area (Å²) in [5.74, 6) is 9.42. The van der Waals surface area contributed by atoms with Gasteiger partial charge in [-0.25, -0.2) is 0 Å². The Bertz CT molecular complexity index is 783. The van der Waals surface area contributed by atoms with Crippen LogP contribution >= 0.6 is 0 Å². The van der Waals surface area contributed by atoms with E-state index in [-0.39, 0.29) is 0 Å². The zero-order chi connectivity index (χ0) is 21.0. The second-order valence-corrected chi connectivity index (χ2v) is 8.76. The van der Waals surface area contributed by atoms with E-state index in [1.54, 1.807) is 0 Å². The minimum Gasteiger partial charge on any atom is -0.494 e. The molecule has 0 atom stereocenters. The zero-order valence-electron chi connectivity index (χ0n) is 19.0. The summed E-state index contributed by atoms with van der Waals surface area (Å²) in [6, 6.07) is 17.1.